The molecule has 0 aliphatic carbocycles. The smallest absolute Gasteiger partial charge is 0.408 e. The molecule has 1 aromatic heterocycles. The van der Waals surface area contributed by atoms with Gasteiger partial charge in [0.05, 0.1) is 17.0 Å². The molecular formula is C12H12N2O5. The summed E-state index contributed by atoms with van der Waals surface area (Å²) in [7, 11) is 0. The number of nitro benzene ring substituents is 1. The van der Waals surface area contributed by atoms with Crippen molar-refractivity contribution >= 4 is 22.6 Å². The molecule has 0 aliphatic heterocycles. The number of carbonyl (C=O) groups excluding carboxylic acids is 1. The molecule has 0 saturated heterocycles. The fourth-order valence-electron chi connectivity index (χ4n) is 1.65. The van der Waals surface area contributed by atoms with Crippen LogP contribution in [0.4, 0.5) is 5.69 Å². The first kappa shape index (κ1) is 13.0. The minimum absolute atomic E-state index is 0.142. The van der Waals surface area contributed by atoms with Gasteiger partial charge >= 0.3 is 5.76 Å². The van der Waals surface area contributed by atoms with Crippen LogP contribution >= 0.6 is 0 Å². The van der Waals surface area contributed by atoms with Crippen molar-refractivity contribution in [3.8, 4) is 0 Å². The highest BCUT2D eigenvalue weighted by Gasteiger charge is 2.17. The third-order valence-electron chi connectivity index (χ3n) is 2.82. The van der Waals surface area contributed by atoms with Gasteiger partial charge in [-0.25, -0.2) is 4.79 Å². The molecule has 7 nitrogen and oxygen atoms in total. The first-order valence-corrected chi connectivity index (χ1v) is 5.70. The van der Waals surface area contributed by atoms with E-state index in [0.717, 1.165) is 4.57 Å². The largest absolute Gasteiger partial charge is 0.420 e. The summed E-state index contributed by atoms with van der Waals surface area (Å²) in [6.07, 6.45) is 0. The van der Waals surface area contributed by atoms with Crippen LogP contribution in [0, 0.1) is 16.0 Å². The van der Waals surface area contributed by atoms with Crippen molar-refractivity contribution in [3.05, 3.63) is 38.9 Å². The summed E-state index contributed by atoms with van der Waals surface area (Å²) in [5, 5.41) is 10.7. The first-order chi connectivity index (χ1) is 8.90. The Morgan fingerprint density at radius 3 is 2.74 bits per heavy atom. The molecule has 0 fully saturated rings. The molecule has 1 heterocycles. The highest BCUT2D eigenvalue weighted by atomic mass is 16.6. The molecular weight excluding hydrogens is 252 g/mol. The van der Waals surface area contributed by atoms with Gasteiger partial charge in [0.15, 0.2) is 11.4 Å². The Kier molecular flexibility index (Phi) is 3.20. The van der Waals surface area contributed by atoms with Gasteiger partial charge in [-0.15, -0.1) is 0 Å². The maximum atomic E-state index is 11.7. The van der Waals surface area contributed by atoms with Gasteiger partial charge in [0.25, 0.3) is 5.69 Å². The van der Waals surface area contributed by atoms with Crippen molar-refractivity contribution in [2.45, 2.75) is 20.4 Å². The van der Waals surface area contributed by atoms with Gasteiger partial charge in [-0.3, -0.25) is 19.5 Å². The lowest BCUT2D eigenvalue weighted by Crippen LogP contribution is -2.22. The summed E-state index contributed by atoms with van der Waals surface area (Å²) >= 11 is 0. The Bertz CT molecular complexity index is 710. The van der Waals surface area contributed by atoms with Gasteiger partial charge in [0, 0.05) is 18.1 Å². The summed E-state index contributed by atoms with van der Waals surface area (Å²) in [4.78, 5) is 33.5. The van der Waals surface area contributed by atoms with Crippen molar-refractivity contribution < 1.29 is 14.1 Å². The number of ketones is 1. The predicted octanol–water partition coefficient (Wildman–Crippen LogP) is 1.73. The zero-order valence-electron chi connectivity index (χ0n) is 10.5. The lowest BCUT2D eigenvalue weighted by molar-refractivity contribution is -0.384. The zero-order chi connectivity index (χ0) is 14.2. The van der Waals surface area contributed by atoms with Crippen molar-refractivity contribution in [2.75, 3.05) is 0 Å². The normalized spacial score (nSPS) is 11.1. The van der Waals surface area contributed by atoms with E-state index in [1.54, 1.807) is 13.8 Å². The summed E-state index contributed by atoms with van der Waals surface area (Å²) < 4.78 is 6.06. The molecule has 0 radical (unpaired) electrons. The summed E-state index contributed by atoms with van der Waals surface area (Å²) in [6, 6.07) is 3.83. The highest BCUT2D eigenvalue weighted by molar-refractivity contribution is 5.83. The number of carbonyl (C=O) groups is 1. The summed E-state index contributed by atoms with van der Waals surface area (Å²) in [5.74, 6) is -1.06. The third kappa shape index (κ3) is 2.40. The molecule has 100 valence electrons. The van der Waals surface area contributed by atoms with Crippen molar-refractivity contribution in [1.29, 1.82) is 0 Å². The van der Waals surface area contributed by atoms with Crippen LogP contribution < -0.4 is 5.76 Å². The molecule has 2 aromatic rings. The van der Waals surface area contributed by atoms with E-state index in [0.29, 0.717) is 0 Å². The van der Waals surface area contributed by atoms with Crippen molar-refractivity contribution in [2.24, 2.45) is 5.92 Å². The molecule has 0 unspecified atom stereocenters. The minimum Gasteiger partial charge on any atom is -0.408 e. The fourth-order valence-corrected chi connectivity index (χ4v) is 1.65. The van der Waals surface area contributed by atoms with Crippen LogP contribution in [0.1, 0.15) is 13.8 Å². The number of Topliss-reactive ketones (excluding diaryl/α,β-unsaturated/α-hetero) is 1. The Morgan fingerprint density at radius 2 is 2.16 bits per heavy atom. The molecule has 0 bridgehead atoms. The van der Waals surface area contributed by atoms with Gasteiger partial charge in [-0.2, -0.15) is 0 Å². The van der Waals surface area contributed by atoms with Gasteiger partial charge in [0.1, 0.15) is 0 Å². The van der Waals surface area contributed by atoms with Crippen LogP contribution in [0.5, 0.6) is 0 Å². The molecule has 7 heteroatoms. The number of nitrogens with zero attached hydrogens (tertiary/aromatic N) is 2. The lowest BCUT2D eigenvalue weighted by atomic mass is 10.1. The van der Waals surface area contributed by atoms with Crippen LogP contribution in [0.25, 0.3) is 11.1 Å². The molecule has 0 N–H and O–H groups in total. The number of fused-ring (bicyclic) bond motifs is 1. The number of benzene rings is 1. The van der Waals surface area contributed by atoms with Gasteiger partial charge in [-0.05, 0) is 6.07 Å². The monoisotopic (exact) mass is 264 g/mol. The van der Waals surface area contributed by atoms with E-state index in [9.17, 15) is 19.7 Å². The minimum atomic E-state index is -0.690. The second kappa shape index (κ2) is 4.68. The van der Waals surface area contributed by atoms with Gasteiger partial charge in [-0.1, -0.05) is 13.8 Å². The number of hydrogen-bond donors (Lipinski definition) is 0. The lowest BCUT2D eigenvalue weighted by Gasteiger charge is -2.04. The number of hydrogen-bond acceptors (Lipinski definition) is 5. The van der Waals surface area contributed by atoms with Gasteiger partial charge < -0.3 is 4.42 Å². The van der Waals surface area contributed by atoms with E-state index in [1.807, 2.05) is 0 Å². The predicted molar refractivity (Wildman–Crippen MR) is 67.0 cm³/mol. The Morgan fingerprint density at radius 1 is 1.47 bits per heavy atom. The molecule has 0 saturated carbocycles. The quantitative estimate of drug-likeness (QED) is 0.619. The van der Waals surface area contributed by atoms with E-state index >= 15 is 0 Å². The second-order valence-corrected chi connectivity index (χ2v) is 4.48. The molecule has 0 spiro atoms. The molecule has 19 heavy (non-hydrogen) atoms. The first-order valence-electron chi connectivity index (χ1n) is 5.70. The average molecular weight is 264 g/mol. The number of aromatic nitrogens is 1. The Labute approximate surface area is 107 Å². The van der Waals surface area contributed by atoms with Crippen molar-refractivity contribution in [3.63, 3.8) is 0 Å². The third-order valence-corrected chi connectivity index (χ3v) is 2.82. The summed E-state index contributed by atoms with van der Waals surface area (Å²) in [6.45, 7) is 3.29. The van der Waals surface area contributed by atoms with Gasteiger partial charge in [0.2, 0.25) is 0 Å². The van der Waals surface area contributed by atoms with E-state index < -0.39 is 10.7 Å². The Balaban J connectivity index is 2.56. The Hall–Kier alpha value is -2.44. The fraction of sp³-hybridized carbons (Fsp3) is 0.333. The van der Waals surface area contributed by atoms with Crippen LogP contribution in [0.2, 0.25) is 0 Å². The number of non-ortho nitro benzene ring substituents is 1. The zero-order valence-corrected chi connectivity index (χ0v) is 10.5. The van der Waals surface area contributed by atoms with Crippen LogP contribution in [-0.4, -0.2) is 15.3 Å². The molecule has 1 aromatic carbocycles. The van der Waals surface area contributed by atoms with Crippen molar-refractivity contribution in [1.82, 2.24) is 4.57 Å². The highest BCUT2D eigenvalue weighted by Crippen LogP contribution is 2.20. The topological polar surface area (TPSA) is 95.3 Å². The molecule has 0 amide bonds. The van der Waals surface area contributed by atoms with E-state index in [2.05, 4.69) is 0 Å². The van der Waals surface area contributed by atoms with E-state index in [4.69, 9.17) is 4.42 Å². The number of rotatable bonds is 4. The van der Waals surface area contributed by atoms with E-state index in [-0.39, 0.29) is 35.0 Å². The molecule has 0 atom stereocenters. The standard InChI is InChI=1S/C12H12N2O5/c1-7(2)10(15)6-13-9-5-8(14(17)18)3-4-11(9)19-12(13)16/h3-5,7H,6H2,1-2H3. The van der Waals surface area contributed by atoms with E-state index in [1.165, 1.54) is 18.2 Å². The van der Waals surface area contributed by atoms with Crippen LogP contribution in [-0.2, 0) is 11.3 Å². The second-order valence-electron chi connectivity index (χ2n) is 4.48. The molecule has 2 rings (SSSR count). The summed E-state index contributed by atoms with van der Waals surface area (Å²) in [5.41, 5.74) is 0.333. The van der Waals surface area contributed by atoms with Crippen LogP contribution in [0.3, 0.4) is 0 Å². The average Bonchev–Trinajstić information content (AvgIpc) is 2.65. The molecule has 0 aliphatic rings. The maximum absolute atomic E-state index is 11.7. The SMILES string of the molecule is CC(C)C(=O)Cn1c(=O)oc2ccc([N+](=O)[O-])cc21. The van der Waals surface area contributed by atoms with Crippen LogP contribution in [0.15, 0.2) is 27.4 Å². The maximum Gasteiger partial charge on any atom is 0.420 e. The number of nitro groups is 1. The number of oxazole rings is 1.